The Bertz CT molecular complexity index is 583. The number of hydroxylamine groups is 1. The first-order valence-corrected chi connectivity index (χ1v) is 6.66. The van der Waals surface area contributed by atoms with Crippen LogP contribution in [0.1, 0.15) is 30.1 Å². The second kappa shape index (κ2) is 7.49. The molecule has 2 N–H and O–H groups in total. The van der Waals surface area contributed by atoms with Gasteiger partial charge in [-0.1, -0.05) is 17.3 Å². The zero-order valence-electron chi connectivity index (χ0n) is 11.4. The van der Waals surface area contributed by atoms with Crippen LogP contribution >= 0.6 is 0 Å². The third-order valence-electron chi connectivity index (χ3n) is 2.98. The fourth-order valence-corrected chi connectivity index (χ4v) is 1.86. The monoisotopic (exact) mass is 293 g/mol. The molecule has 1 aromatic carbocycles. The van der Waals surface area contributed by atoms with Crippen LogP contribution in [0.4, 0.5) is 4.39 Å². The number of hydrogen-bond donors (Lipinski definition) is 2. The molecule has 0 saturated heterocycles. The maximum absolute atomic E-state index is 12.8. The summed E-state index contributed by atoms with van der Waals surface area (Å²) in [6.45, 7) is 0. The van der Waals surface area contributed by atoms with Crippen molar-refractivity contribution in [3.05, 3.63) is 47.4 Å². The number of rotatable bonds is 7. The Hall–Kier alpha value is -2.28. The number of nitrogens with zero attached hydrogens (tertiary/aromatic N) is 2. The van der Waals surface area contributed by atoms with E-state index in [4.69, 9.17) is 9.73 Å². The van der Waals surface area contributed by atoms with Crippen molar-refractivity contribution < 1.29 is 18.9 Å². The lowest BCUT2D eigenvalue weighted by Gasteiger charge is -1.97. The number of halogens is 1. The Labute approximate surface area is 120 Å². The van der Waals surface area contributed by atoms with Crippen LogP contribution in [0.5, 0.6) is 0 Å². The molecule has 0 aliphatic rings. The van der Waals surface area contributed by atoms with E-state index in [1.54, 1.807) is 17.6 Å². The summed E-state index contributed by atoms with van der Waals surface area (Å²) in [5.74, 6) is 0.356. The molecule has 6 nitrogen and oxygen atoms in total. The van der Waals surface area contributed by atoms with Gasteiger partial charge in [0.25, 0.3) is 0 Å². The van der Waals surface area contributed by atoms with E-state index in [1.807, 2.05) is 0 Å². The van der Waals surface area contributed by atoms with Crippen molar-refractivity contribution in [2.75, 3.05) is 0 Å². The van der Waals surface area contributed by atoms with Crippen LogP contribution in [-0.2, 0) is 24.1 Å². The molecule has 0 radical (unpaired) electrons. The van der Waals surface area contributed by atoms with E-state index in [-0.39, 0.29) is 12.2 Å². The highest BCUT2D eigenvalue weighted by Gasteiger charge is 2.08. The number of carbonyl (C=O) groups excluding carboxylic acids is 1. The zero-order chi connectivity index (χ0) is 15.1. The summed E-state index contributed by atoms with van der Waals surface area (Å²) < 4.78 is 17.8. The van der Waals surface area contributed by atoms with Gasteiger partial charge in [-0.2, -0.15) is 4.98 Å². The Morgan fingerprint density at radius 2 is 2.00 bits per heavy atom. The molecule has 0 bridgehead atoms. The smallest absolute Gasteiger partial charge is 0.243 e. The van der Waals surface area contributed by atoms with Gasteiger partial charge in [0.15, 0.2) is 5.82 Å². The number of amides is 1. The van der Waals surface area contributed by atoms with Gasteiger partial charge in [-0.3, -0.25) is 10.0 Å². The topological polar surface area (TPSA) is 88.2 Å². The fourth-order valence-electron chi connectivity index (χ4n) is 1.86. The predicted octanol–water partition coefficient (Wildman–Crippen LogP) is 1.82. The average Bonchev–Trinajstić information content (AvgIpc) is 2.94. The SMILES string of the molecule is O=C(CCCc1nc(CCc2ccc(F)cc2)no1)NO. The summed E-state index contributed by atoms with van der Waals surface area (Å²) in [6.07, 6.45) is 2.51. The quantitative estimate of drug-likeness (QED) is 0.600. The third-order valence-corrected chi connectivity index (χ3v) is 2.98. The van der Waals surface area contributed by atoms with E-state index in [0.29, 0.717) is 37.4 Å². The van der Waals surface area contributed by atoms with Crippen molar-refractivity contribution in [3.8, 4) is 0 Å². The van der Waals surface area contributed by atoms with E-state index in [1.165, 1.54) is 12.1 Å². The Kier molecular flexibility index (Phi) is 5.39. The highest BCUT2D eigenvalue weighted by molar-refractivity contribution is 5.74. The van der Waals surface area contributed by atoms with Crippen LogP contribution in [0.2, 0.25) is 0 Å². The third kappa shape index (κ3) is 4.96. The molecule has 0 unspecified atom stereocenters. The Morgan fingerprint density at radius 1 is 1.24 bits per heavy atom. The second-order valence-corrected chi connectivity index (χ2v) is 4.62. The molecule has 2 rings (SSSR count). The average molecular weight is 293 g/mol. The summed E-state index contributed by atoms with van der Waals surface area (Å²) in [7, 11) is 0. The van der Waals surface area contributed by atoms with Crippen LogP contribution in [0, 0.1) is 5.82 Å². The number of aromatic nitrogens is 2. The minimum Gasteiger partial charge on any atom is -0.339 e. The molecule has 0 spiro atoms. The minimum atomic E-state index is -0.439. The Morgan fingerprint density at radius 3 is 2.71 bits per heavy atom. The molecule has 0 aliphatic carbocycles. The van der Waals surface area contributed by atoms with Crippen molar-refractivity contribution in [3.63, 3.8) is 0 Å². The van der Waals surface area contributed by atoms with Crippen LogP contribution in [-0.4, -0.2) is 21.3 Å². The lowest BCUT2D eigenvalue weighted by atomic mass is 10.1. The van der Waals surface area contributed by atoms with Gasteiger partial charge in [-0.05, 0) is 30.5 Å². The summed E-state index contributed by atoms with van der Waals surface area (Å²) in [4.78, 5) is 15.1. The summed E-state index contributed by atoms with van der Waals surface area (Å²) in [6, 6.07) is 6.29. The fraction of sp³-hybridized carbons (Fsp3) is 0.357. The lowest BCUT2D eigenvalue weighted by molar-refractivity contribution is -0.129. The predicted molar refractivity (Wildman–Crippen MR) is 71.0 cm³/mol. The molecule has 1 heterocycles. The van der Waals surface area contributed by atoms with Gasteiger partial charge in [0.2, 0.25) is 11.8 Å². The van der Waals surface area contributed by atoms with Gasteiger partial charge in [-0.15, -0.1) is 0 Å². The number of carbonyl (C=O) groups is 1. The highest BCUT2D eigenvalue weighted by Crippen LogP contribution is 2.08. The summed E-state index contributed by atoms with van der Waals surface area (Å²) >= 11 is 0. The van der Waals surface area contributed by atoms with Crippen LogP contribution < -0.4 is 5.48 Å². The van der Waals surface area contributed by atoms with Crippen molar-refractivity contribution in [1.29, 1.82) is 0 Å². The van der Waals surface area contributed by atoms with Crippen LogP contribution in [0.15, 0.2) is 28.8 Å². The molecule has 1 amide bonds. The van der Waals surface area contributed by atoms with Gasteiger partial charge in [0, 0.05) is 19.3 Å². The van der Waals surface area contributed by atoms with Crippen molar-refractivity contribution in [2.24, 2.45) is 0 Å². The standard InChI is InChI=1S/C14H16FN3O3/c15-11-7-4-10(5-8-11)6-9-12-16-14(21-18-12)3-1-2-13(19)17-20/h4-5,7-8,20H,1-3,6,9H2,(H,17,19). The zero-order valence-corrected chi connectivity index (χ0v) is 11.4. The summed E-state index contributed by atoms with van der Waals surface area (Å²) in [5.41, 5.74) is 2.57. The minimum absolute atomic E-state index is 0.198. The molecular weight excluding hydrogens is 277 g/mol. The first kappa shape index (κ1) is 15.1. The maximum atomic E-state index is 12.8. The van der Waals surface area contributed by atoms with Gasteiger partial charge < -0.3 is 4.52 Å². The van der Waals surface area contributed by atoms with E-state index < -0.39 is 5.91 Å². The maximum Gasteiger partial charge on any atom is 0.243 e. The second-order valence-electron chi connectivity index (χ2n) is 4.62. The summed E-state index contributed by atoms with van der Waals surface area (Å²) in [5, 5.41) is 12.2. The van der Waals surface area contributed by atoms with Crippen molar-refractivity contribution in [1.82, 2.24) is 15.6 Å². The first-order valence-electron chi connectivity index (χ1n) is 6.66. The molecule has 0 fully saturated rings. The molecule has 21 heavy (non-hydrogen) atoms. The van der Waals surface area contributed by atoms with Crippen LogP contribution in [0.3, 0.4) is 0 Å². The number of nitrogens with one attached hydrogen (secondary N) is 1. The Balaban J connectivity index is 1.77. The molecule has 112 valence electrons. The molecule has 0 saturated carbocycles. The highest BCUT2D eigenvalue weighted by atomic mass is 19.1. The first-order chi connectivity index (χ1) is 10.2. The lowest BCUT2D eigenvalue weighted by Crippen LogP contribution is -2.18. The van der Waals surface area contributed by atoms with E-state index in [0.717, 1.165) is 5.56 Å². The van der Waals surface area contributed by atoms with Crippen molar-refractivity contribution >= 4 is 5.91 Å². The molecule has 7 heteroatoms. The number of aryl methyl sites for hydroxylation is 3. The van der Waals surface area contributed by atoms with Crippen molar-refractivity contribution in [2.45, 2.75) is 32.1 Å². The number of benzene rings is 1. The van der Waals surface area contributed by atoms with Gasteiger partial charge >= 0.3 is 0 Å². The molecular formula is C14H16FN3O3. The van der Waals surface area contributed by atoms with E-state index in [2.05, 4.69) is 10.1 Å². The van der Waals surface area contributed by atoms with Gasteiger partial charge in [0.1, 0.15) is 5.82 Å². The molecule has 0 aliphatic heterocycles. The molecule has 2 aromatic rings. The van der Waals surface area contributed by atoms with Gasteiger partial charge in [0.05, 0.1) is 0 Å². The van der Waals surface area contributed by atoms with E-state index >= 15 is 0 Å². The molecule has 0 atom stereocenters. The van der Waals surface area contributed by atoms with Gasteiger partial charge in [-0.25, -0.2) is 9.87 Å². The normalized spacial score (nSPS) is 10.6. The largest absolute Gasteiger partial charge is 0.339 e. The van der Waals surface area contributed by atoms with Crippen LogP contribution in [0.25, 0.3) is 0 Å². The van der Waals surface area contributed by atoms with E-state index in [9.17, 15) is 9.18 Å². The number of hydrogen-bond acceptors (Lipinski definition) is 5. The molecule has 1 aromatic heterocycles.